The number of nitrogens with zero attached hydrogens (tertiary/aromatic N) is 1. The maximum absolute atomic E-state index is 14.7. The highest BCUT2D eigenvalue weighted by Crippen LogP contribution is 2.37. The second-order valence-electron chi connectivity index (χ2n) is 20.1. The molecule has 1 saturated carbocycles. The van der Waals surface area contributed by atoms with E-state index in [1.54, 1.807) is 41.1 Å². The summed E-state index contributed by atoms with van der Waals surface area (Å²) in [4.78, 5) is 72.5. The molecule has 1 aliphatic carbocycles. The second-order valence-corrected chi connectivity index (χ2v) is 20.1. The molecule has 0 aromatic heterocycles. The lowest BCUT2D eigenvalue weighted by Gasteiger charge is -2.40. The molecule has 3 aliphatic heterocycles. The minimum absolute atomic E-state index is 0.0112. The smallest absolute Gasteiger partial charge is 0.329 e. The van der Waals surface area contributed by atoms with Gasteiger partial charge in [-0.05, 0) is 107 Å². The zero-order valence-corrected chi connectivity index (χ0v) is 42.4. The number of hydrogen-bond donors (Lipinski definition) is 3. The van der Waals surface area contributed by atoms with Crippen molar-refractivity contribution in [1.82, 2.24) is 4.90 Å². The van der Waals surface area contributed by atoms with Gasteiger partial charge in [0.15, 0.2) is 5.78 Å². The first-order chi connectivity index (χ1) is 32.3. The number of rotatable bonds is 9. The van der Waals surface area contributed by atoms with E-state index in [2.05, 4.69) is 0 Å². The van der Waals surface area contributed by atoms with Crippen LogP contribution in [-0.4, -0.2) is 145 Å². The standard InChI is InChI=1S/C53H83NO14/c1-32-16-12-11-13-17-33(2)44(63-8)30-40-21-19-34(3)50(59)53(62,68-40)52(61)54-23-15-14-18-41(54)51(60)67-45(36(5)28-39-20-22-43(66-25-24-55)46(29-39)64-9)31-42(56)35(4)27-38(7)48(58)49(65-10)47(57)37(6)26-32/h11-13,16-17,27,32,34-37,39-41,43-46,48-49,55,58,62H,14-15,18-26,28-31H2,1-10H3/b13-11+,16-12+,33-17+,38-27+/t32-,34-,35-,36-,37-,39+,40+,41+,43-,44+,45+,46-,48-,49+,53-/m1/s1. The molecule has 3 N–H and O–H groups in total. The minimum Gasteiger partial charge on any atom is -0.460 e. The first-order valence-electron chi connectivity index (χ1n) is 25.0. The van der Waals surface area contributed by atoms with Crippen LogP contribution < -0.4 is 0 Å². The minimum atomic E-state index is -2.86. The van der Waals surface area contributed by atoms with Gasteiger partial charge in [-0.25, -0.2) is 4.79 Å². The summed E-state index contributed by atoms with van der Waals surface area (Å²) in [7, 11) is 4.57. The molecule has 15 atom stereocenters. The summed E-state index contributed by atoms with van der Waals surface area (Å²) < 4.78 is 35.7. The Kier molecular flexibility index (Phi) is 22.9. The number of esters is 1. The summed E-state index contributed by atoms with van der Waals surface area (Å²) in [5.41, 5.74) is 1.24. The van der Waals surface area contributed by atoms with Gasteiger partial charge in [-0.3, -0.25) is 19.2 Å². The number of piperidine rings is 1. The number of allylic oxidation sites excluding steroid dienone is 6. The molecule has 3 heterocycles. The third kappa shape index (κ3) is 15.3. The van der Waals surface area contributed by atoms with Gasteiger partial charge < -0.3 is 48.6 Å². The van der Waals surface area contributed by atoms with Gasteiger partial charge in [0, 0.05) is 58.5 Å². The zero-order chi connectivity index (χ0) is 50.3. The summed E-state index contributed by atoms with van der Waals surface area (Å²) in [5.74, 6) is -8.02. The Hall–Kier alpha value is -3.41. The number of carbonyl (C=O) groups excluding carboxylic acids is 5. The number of carbonyl (C=O) groups is 5. The average molecular weight is 958 g/mol. The number of fused-ring (bicyclic) bond motifs is 3. The van der Waals surface area contributed by atoms with Crippen molar-refractivity contribution in [2.24, 2.45) is 35.5 Å². The Morgan fingerprint density at radius 3 is 2.25 bits per heavy atom. The fourth-order valence-electron chi connectivity index (χ4n) is 10.5. The summed E-state index contributed by atoms with van der Waals surface area (Å²) in [6, 6.07) is -1.16. The quantitative estimate of drug-likeness (QED) is 0.134. The molecular weight excluding hydrogens is 875 g/mol. The van der Waals surface area contributed by atoms with Crippen molar-refractivity contribution in [2.45, 2.75) is 180 Å². The Balaban J connectivity index is 1.73. The van der Waals surface area contributed by atoms with Gasteiger partial charge >= 0.3 is 11.8 Å². The fourth-order valence-corrected chi connectivity index (χ4v) is 10.5. The van der Waals surface area contributed by atoms with E-state index in [9.17, 15) is 39.3 Å². The molecule has 384 valence electrons. The van der Waals surface area contributed by atoms with E-state index in [1.807, 2.05) is 58.1 Å². The van der Waals surface area contributed by atoms with Crippen LogP contribution in [0.25, 0.3) is 0 Å². The summed E-state index contributed by atoms with van der Waals surface area (Å²) in [5, 5.41) is 33.0. The van der Waals surface area contributed by atoms with Crippen LogP contribution in [0.2, 0.25) is 0 Å². The van der Waals surface area contributed by atoms with E-state index in [1.165, 1.54) is 12.0 Å². The van der Waals surface area contributed by atoms with E-state index in [0.29, 0.717) is 56.9 Å². The molecule has 0 spiro atoms. The van der Waals surface area contributed by atoms with Crippen LogP contribution in [0.4, 0.5) is 0 Å². The third-order valence-corrected chi connectivity index (χ3v) is 14.8. The first-order valence-corrected chi connectivity index (χ1v) is 25.0. The third-order valence-electron chi connectivity index (χ3n) is 14.8. The van der Waals surface area contributed by atoms with Crippen LogP contribution in [0.5, 0.6) is 0 Å². The largest absolute Gasteiger partial charge is 0.460 e. The van der Waals surface area contributed by atoms with Crippen LogP contribution in [0, 0.1) is 35.5 Å². The molecule has 0 aromatic carbocycles. The number of aliphatic hydroxyl groups is 3. The molecule has 4 rings (SSSR count). The summed E-state index contributed by atoms with van der Waals surface area (Å²) in [6.45, 7) is 12.8. The number of ether oxygens (including phenoxy) is 6. The lowest BCUT2D eigenvalue weighted by molar-refractivity contribution is -0.231. The summed E-state index contributed by atoms with van der Waals surface area (Å²) in [6.07, 6.45) is 11.5. The molecule has 4 aliphatic rings. The SMILES string of the molecule is CO[C@H]1C[C@@H]2CC[C@@H](C)C(=O)[C@@](O)(O2)C(=O)N2CCCC[C@H]2C(=O)O[C@H]([C@H](C)C[C@@H]2CC[C@@H](OCCO)[C@H](OC)C2)CC(=O)[C@H](C)/C=C(\C)[C@@H](O)[C@@H](OC)C(=O)[C@H](C)C[C@H](C)/C=C/C=C/C=C/1C. The van der Waals surface area contributed by atoms with Gasteiger partial charge in [-0.15, -0.1) is 0 Å². The maximum atomic E-state index is 14.7. The number of hydrogen-bond acceptors (Lipinski definition) is 14. The molecule has 0 radical (unpaired) electrons. The highest BCUT2D eigenvalue weighted by atomic mass is 16.6. The van der Waals surface area contributed by atoms with E-state index < -0.39 is 77.8 Å². The Morgan fingerprint density at radius 2 is 1.57 bits per heavy atom. The van der Waals surface area contributed by atoms with Crippen LogP contribution in [-0.2, 0) is 52.4 Å². The summed E-state index contributed by atoms with van der Waals surface area (Å²) >= 11 is 0. The van der Waals surface area contributed by atoms with Gasteiger partial charge in [0.2, 0.25) is 5.78 Å². The van der Waals surface area contributed by atoms with Crippen LogP contribution in [0.1, 0.15) is 126 Å². The molecule has 68 heavy (non-hydrogen) atoms. The van der Waals surface area contributed by atoms with Gasteiger partial charge in [0.25, 0.3) is 5.91 Å². The van der Waals surface area contributed by atoms with E-state index in [0.717, 1.165) is 12.0 Å². The number of ketones is 3. The molecule has 2 saturated heterocycles. The van der Waals surface area contributed by atoms with E-state index in [-0.39, 0.29) is 80.5 Å². The Labute approximate surface area is 405 Å². The number of methoxy groups -OCH3 is 3. The highest BCUT2D eigenvalue weighted by molar-refractivity contribution is 6.09. The molecule has 15 heteroatoms. The lowest BCUT2D eigenvalue weighted by Crippen LogP contribution is -2.62. The maximum Gasteiger partial charge on any atom is 0.329 e. The van der Waals surface area contributed by atoms with Crippen molar-refractivity contribution >= 4 is 29.2 Å². The molecule has 2 bridgehead atoms. The molecule has 0 unspecified atom stereocenters. The van der Waals surface area contributed by atoms with Crippen molar-refractivity contribution in [3.63, 3.8) is 0 Å². The number of aliphatic hydroxyl groups excluding tert-OH is 2. The van der Waals surface area contributed by atoms with Gasteiger partial charge in [-0.2, -0.15) is 0 Å². The lowest BCUT2D eigenvalue weighted by atomic mass is 9.78. The molecule has 3 fully saturated rings. The molecule has 1 amide bonds. The Bertz CT molecular complexity index is 1810. The van der Waals surface area contributed by atoms with Crippen molar-refractivity contribution in [1.29, 1.82) is 0 Å². The predicted octanol–water partition coefficient (Wildman–Crippen LogP) is 6.20. The Morgan fingerprint density at radius 1 is 0.838 bits per heavy atom. The van der Waals surface area contributed by atoms with Gasteiger partial charge in [0.1, 0.15) is 30.1 Å². The monoisotopic (exact) mass is 958 g/mol. The molecule has 0 aromatic rings. The van der Waals surface area contributed by atoms with Crippen LogP contribution >= 0.6 is 0 Å². The predicted molar refractivity (Wildman–Crippen MR) is 256 cm³/mol. The van der Waals surface area contributed by atoms with Crippen molar-refractivity contribution in [2.75, 3.05) is 41.1 Å². The van der Waals surface area contributed by atoms with Gasteiger partial charge in [-0.1, -0.05) is 71.1 Å². The normalized spacial score (nSPS) is 39.2. The fraction of sp³-hybridized carbons (Fsp3) is 0.755. The number of Topliss-reactive ketones (excluding diaryl/α,β-unsaturated/α-hetero) is 3. The number of cyclic esters (lactones) is 1. The zero-order valence-electron chi connectivity index (χ0n) is 42.4. The van der Waals surface area contributed by atoms with Crippen molar-refractivity contribution in [3.8, 4) is 0 Å². The van der Waals surface area contributed by atoms with E-state index in [4.69, 9.17) is 28.4 Å². The highest BCUT2D eigenvalue weighted by Gasteiger charge is 2.55. The topological polar surface area (TPSA) is 205 Å². The number of amides is 1. The van der Waals surface area contributed by atoms with Crippen LogP contribution in [0.15, 0.2) is 47.6 Å². The first kappa shape index (κ1) is 57.2. The van der Waals surface area contributed by atoms with Crippen molar-refractivity contribution < 1.29 is 67.7 Å². The average Bonchev–Trinajstić information content (AvgIpc) is 3.43. The van der Waals surface area contributed by atoms with Crippen LogP contribution in [0.3, 0.4) is 0 Å². The van der Waals surface area contributed by atoms with E-state index >= 15 is 0 Å². The molecule has 15 nitrogen and oxygen atoms in total. The van der Waals surface area contributed by atoms with Gasteiger partial charge in [0.05, 0.1) is 37.6 Å². The van der Waals surface area contributed by atoms with Crippen molar-refractivity contribution in [3.05, 3.63) is 47.6 Å². The second kappa shape index (κ2) is 27.3. The molecular formula is C53H83NO14.